The molecule has 234 valence electrons. The molecule has 0 N–H and O–H groups in total. The number of aromatic nitrogens is 2. The van der Waals surface area contributed by atoms with Crippen LogP contribution in [0.15, 0.2) is 188 Å². The standard InChI is InChI=1S/C40H31N2O3P3/c43-46(32-18-6-1-7-19-32,33-20-8-2-9-21-33)39-37(28-16-30-41-39)48(45,36-26-14-5-15-27-36)38-29-17-31-42-40(38)47(44,34-22-10-3-11-23-34)35-24-12-4-13-25-35/h1-31H. The maximum absolute atomic E-state index is 16.6. The number of rotatable bonds is 9. The maximum Gasteiger partial charge on any atom is 0.189 e. The molecule has 0 radical (unpaired) electrons. The van der Waals surface area contributed by atoms with Gasteiger partial charge in [0.2, 0.25) is 0 Å². The Labute approximate surface area is 280 Å². The highest BCUT2D eigenvalue weighted by Gasteiger charge is 2.45. The van der Waals surface area contributed by atoms with Gasteiger partial charge in [0.1, 0.15) is 10.9 Å². The highest BCUT2D eigenvalue weighted by molar-refractivity contribution is 7.93. The number of benzene rings is 5. The van der Waals surface area contributed by atoms with Crippen LogP contribution in [-0.4, -0.2) is 9.97 Å². The van der Waals surface area contributed by atoms with Crippen LogP contribution in [0.25, 0.3) is 0 Å². The maximum atomic E-state index is 16.6. The molecule has 0 bridgehead atoms. The molecule has 5 nitrogen and oxygen atoms in total. The van der Waals surface area contributed by atoms with Crippen molar-refractivity contribution in [3.05, 3.63) is 188 Å². The third kappa shape index (κ3) is 5.35. The minimum Gasteiger partial charge on any atom is -0.308 e. The lowest BCUT2D eigenvalue weighted by molar-refractivity contribution is 0.589. The van der Waals surface area contributed by atoms with Crippen molar-refractivity contribution < 1.29 is 13.7 Å². The van der Waals surface area contributed by atoms with E-state index >= 15 is 13.7 Å². The largest absolute Gasteiger partial charge is 0.308 e. The molecule has 0 aliphatic carbocycles. The second-order valence-electron chi connectivity index (χ2n) is 11.2. The van der Waals surface area contributed by atoms with Gasteiger partial charge in [-0.05, 0) is 24.3 Å². The Kier molecular flexibility index (Phi) is 8.78. The molecule has 0 fully saturated rings. The Morgan fingerprint density at radius 1 is 0.292 bits per heavy atom. The summed E-state index contributed by atoms with van der Waals surface area (Å²) in [5, 5.41) is 3.41. The highest BCUT2D eigenvalue weighted by atomic mass is 31.2. The summed E-state index contributed by atoms with van der Waals surface area (Å²) in [4.78, 5) is 9.61. The fourth-order valence-corrected chi connectivity index (χ4v) is 15.7. The Morgan fingerprint density at radius 3 is 0.812 bits per heavy atom. The van der Waals surface area contributed by atoms with Crippen molar-refractivity contribution in [2.24, 2.45) is 0 Å². The molecule has 0 atom stereocenters. The summed E-state index contributed by atoms with van der Waals surface area (Å²) in [6, 6.07) is 53.0. The van der Waals surface area contributed by atoms with E-state index in [4.69, 9.17) is 9.97 Å². The third-order valence-corrected chi connectivity index (χ3v) is 17.9. The molecule has 0 amide bonds. The zero-order chi connectivity index (χ0) is 33.0. The molecule has 8 heteroatoms. The van der Waals surface area contributed by atoms with Crippen LogP contribution in [0.3, 0.4) is 0 Å². The molecule has 7 aromatic rings. The zero-order valence-corrected chi connectivity index (χ0v) is 28.5. The van der Waals surface area contributed by atoms with Gasteiger partial charge in [0.05, 0.1) is 10.6 Å². The number of hydrogen-bond acceptors (Lipinski definition) is 5. The van der Waals surface area contributed by atoms with E-state index in [2.05, 4.69) is 0 Å². The molecule has 2 aromatic heterocycles. The molecule has 0 saturated heterocycles. The SMILES string of the molecule is O=P(c1ccccc1)(c1cccnc1P(=O)(c1ccccc1)c1ccccc1)c1cccnc1P(=O)(c1ccccc1)c1ccccc1. The lowest BCUT2D eigenvalue weighted by atomic mass is 10.4. The van der Waals surface area contributed by atoms with Crippen LogP contribution in [0, 0.1) is 0 Å². The Hall–Kier alpha value is -4.91. The fraction of sp³-hybridized carbons (Fsp3) is 0. The molecule has 0 saturated carbocycles. The van der Waals surface area contributed by atoms with E-state index in [0.717, 1.165) is 0 Å². The molecular weight excluding hydrogens is 649 g/mol. The van der Waals surface area contributed by atoms with Crippen LogP contribution in [-0.2, 0) is 13.7 Å². The van der Waals surface area contributed by atoms with Crippen molar-refractivity contribution in [2.75, 3.05) is 0 Å². The quantitative estimate of drug-likeness (QED) is 0.191. The number of hydrogen-bond donors (Lipinski definition) is 0. The Balaban J connectivity index is 1.60. The van der Waals surface area contributed by atoms with E-state index < -0.39 is 21.4 Å². The fourth-order valence-electron chi connectivity index (χ4n) is 6.14. The third-order valence-electron chi connectivity index (χ3n) is 8.41. The first-order valence-electron chi connectivity index (χ1n) is 15.5. The van der Waals surface area contributed by atoms with Gasteiger partial charge in [-0.3, -0.25) is 9.97 Å². The van der Waals surface area contributed by atoms with Crippen molar-refractivity contribution in [1.29, 1.82) is 0 Å². The zero-order valence-electron chi connectivity index (χ0n) is 25.9. The predicted molar refractivity (Wildman–Crippen MR) is 200 cm³/mol. The van der Waals surface area contributed by atoms with Crippen LogP contribution in [0.1, 0.15) is 0 Å². The van der Waals surface area contributed by atoms with Crippen LogP contribution in [0.5, 0.6) is 0 Å². The average molecular weight is 681 g/mol. The van der Waals surface area contributed by atoms with Crippen molar-refractivity contribution in [2.45, 2.75) is 0 Å². The van der Waals surface area contributed by atoms with E-state index in [1.54, 1.807) is 48.8 Å². The van der Waals surface area contributed by atoms with E-state index in [9.17, 15) is 0 Å². The Morgan fingerprint density at radius 2 is 0.542 bits per heavy atom. The van der Waals surface area contributed by atoms with Crippen molar-refractivity contribution >= 4 is 69.4 Å². The van der Waals surface area contributed by atoms with Gasteiger partial charge in [0.25, 0.3) is 0 Å². The summed E-state index contributed by atoms with van der Waals surface area (Å²) in [7, 11) is -11.4. The van der Waals surface area contributed by atoms with Crippen molar-refractivity contribution in [3.63, 3.8) is 0 Å². The second kappa shape index (κ2) is 13.3. The lowest BCUT2D eigenvalue weighted by Crippen LogP contribution is -2.45. The molecule has 7 rings (SSSR count). The van der Waals surface area contributed by atoms with E-state index in [-0.39, 0.29) is 10.9 Å². The van der Waals surface area contributed by atoms with E-state index in [1.165, 1.54) is 0 Å². The smallest absolute Gasteiger partial charge is 0.189 e. The summed E-state index contributed by atoms with van der Waals surface area (Å²) in [6.45, 7) is 0. The number of pyridine rings is 2. The monoisotopic (exact) mass is 680 g/mol. The lowest BCUT2D eigenvalue weighted by Gasteiger charge is -2.29. The summed E-state index contributed by atoms with van der Waals surface area (Å²) in [5.41, 5.74) is 0.442. The molecule has 0 spiro atoms. The summed E-state index contributed by atoms with van der Waals surface area (Å²) in [5.74, 6) is 0. The molecule has 0 aliphatic rings. The molecule has 0 unspecified atom stereocenters. The van der Waals surface area contributed by atoms with Gasteiger partial charge < -0.3 is 13.7 Å². The van der Waals surface area contributed by atoms with Gasteiger partial charge in [-0.1, -0.05) is 152 Å². The van der Waals surface area contributed by atoms with Crippen molar-refractivity contribution in [3.8, 4) is 0 Å². The molecule has 5 aromatic carbocycles. The van der Waals surface area contributed by atoms with Gasteiger partial charge in [-0.2, -0.15) is 0 Å². The summed E-state index contributed by atoms with van der Waals surface area (Å²) < 4.78 is 48.2. The van der Waals surface area contributed by atoms with Crippen molar-refractivity contribution in [1.82, 2.24) is 9.97 Å². The van der Waals surface area contributed by atoms with Crippen LogP contribution in [0.4, 0.5) is 0 Å². The van der Waals surface area contributed by atoms with E-state index in [1.807, 2.05) is 140 Å². The van der Waals surface area contributed by atoms with Gasteiger partial charge in [0, 0.05) is 38.9 Å². The molecular formula is C40H31N2O3P3. The molecule has 2 heterocycles. The second-order valence-corrected chi connectivity index (χ2v) is 19.2. The molecule has 48 heavy (non-hydrogen) atoms. The predicted octanol–water partition coefficient (Wildman–Crippen LogP) is 5.39. The summed E-state index contributed by atoms with van der Waals surface area (Å²) >= 11 is 0. The van der Waals surface area contributed by atoms with Gasteiger partial charge >= 0.3 is 0 Å². The number of nitrogens with zero attached hydrogens (tertiary/aromatic N) is 2. The normalized spacial score (nSPS) is 12.0. The topological polar surface area (TPSA) is 77.0 Å². The average Bonchev–Trinajstić information content (AvgIpc) is 3.18. The molecule has 0 aliphatic heterocycles. The van der Waals surface area contributed by atoms with Crippen LogP contribution >= 0.6 is 21.4 Å². The first-order chi connectivity index (χ1) is 23.5. The minimum atomic E-state index is -4.00. The first-order valence-corrected chi connectivity index (χ1v) is 20.6. The minimum absolute atomic E-state index is 0.221. The Bertz CT molecular complexity index is 2090. The van der Waals surface area contributed by atoms with Gasteiger partial charge in [-0.15, -0.1) is 0 Å². The first kappa shape index (κ1) is 31.7. The van der Waals surface area contributed by atoms with Crippen LogP contribution in [0.2, 0.25) is 0 Å². The van der Waals surface area contributed by atoms with Gasteiger partial charge in [0.15, 0.2) is 21.4 Å². The van der Waals surface area contributed by atoms with E-state index in [0.29, 0.717) is 37.1 Å². The highest BCUT2D eigenvalue weighted by Crippen LogP contribution is 2.50. The van der Waals surface area contributed by atoms with Gasteiger partial charge in [-0.25, -0.2) is 0 Å². The van der Waals surface area contributed by atoms with Crippen LogP contribution < -0.4 is 48.0 Å². The summed E-state index contributed by atoms with van der Waals surface area (Å²) in [6.07, 6.45) is 3.19.